The zero-order valence-electron chi connectivity index (χ0n) is 15.5. The maximum atomic E-state index is 6.26. The molecule has 0 aliphatic carbocycles. The number of aromatic amines is 1. The summed E-state index contributed by atoms with van der Waals surface area (Å²) < 4.78 is 14.8. The van der Waals surface area contributed by atoms with Gasteiger partial charge >= 0.3 is 0 Å². The molecule has 1 aromatic heterocycles. The second kappa shape index (κ2) is 9.45. The molecule has 0 atom stereocenters. The SMILES string of the molecule is CCc1n[nH]c(=S)n1NCc1c(Br)ccc(OC)c1OCc1ccccc1Cl. The van der Waals surface area contributed by atoms with E-state index >= 15 is 0 Å². The van der Waals surface area contributed by atoms with E-state index in [2.05, 4.69) is 31.6 Å². The number of hydrogen-bond acceptors (Lipinski definition) is 5. The molecular weight excluding hydrogens is 464 g/mol. The highest BCUT2D eigenvalue weighted by molar-refractivity contribution is 9.10. The van der Waals surface area contributed by atoms with E-state index in [1.807, 2.05) is 43.3 Å². The molecule has 2 aromatic carbocycles. The lowest BCUT2D eigenvalue weighted by molar-refractivity contribution is 0.281. The van der Waals surface area contributed by atoms with Crippen molar-refractivity contribution < 1.29 is 9.47 Å². The van der Waals surface area contributed by atoms with Gasteiger partial charge in [0.15, 0.2) is 17.3 Å². The van der Waals surface area contributed by atoms with Gasteiger partial charge in [0, 0.05) is 27.0 Å². The Morgan fingerprint density at radius 1 is 1.29 bits per heavy atom. The fourth-order valence-electron chi connectivity index (χ4n) is 2.72. The number of ether oxygens (including phenoxy) is 2. The van der Waals surface area contributed by atoms with E-state index in [1.54, 1.807) is 11.8 Å². The van der Waals surface area contributed by atoms with Crippen molar-refractivity contribution in [1.29, 1.82) is 0 Å². The molecule has 3 aromatic rings. The molecule has 28 heavy (non-hydrogen) atoms. The third kappa shape index (κ3) is 4.51. The third-order valence-corrected chi connectivity index (χ3v) is 5.57. The van der Waals surface area contributed by atoms with E-state index in [4.69, 9.17) is 33.3 Å². The summed E-state index contributed by atoms with van der Waals surface area (Å²) in [5, 5.41) is 7.67. The van der Waals surface area contributed by atoms with Gasteiger partial charge in [-0.1, -0.05) is 52.7 Å². The summed E-state index contributed by atoms with van der Waals surface area (Å²) in [6.07, 6.45) is 0.745. The Labute approximate surface area is 181 Å². The number of methoxy groups -OCH3 is 1. The molecule has 9 heteroatoms. The number of H-pyrrole nitrogens is 1. The summed E-state index contributed by atoms with van der Waals surface area (Å²) in [7, 11) is 1.62. The molecule has 0 spiro atoms. The van der Waals surface area contributed by atoms with Crippen molar-refractivity contribution in [1.82, 2.24) is 14.9 Å². The van der Waals surface area contributed by atoms with Crippen LogP contribution in [0.5, 0.6) is 11.5 Å². The van der Waals surface area contributed by atoms with Crippen LogP contribution in [0.15, 0.2) is 40.9 Å². The quantitative estimate of drug-likeness (QED) is 0.428. The maximum absolute atomic E-state index is 6.26. The van der Waals surface area contributed by atoms with Crippen molar-refractivity contribution in [2.24, 2.45) is 0 Å². The van der Waals surface area contributed by atoms with E-state index in [1.165, 1.54) is 0 Å². The van der Waals surface area contributed by atoms with Gasteiger partial charge in [0.2, 0.25) is 4.77 Å². The highest BCUT2D eigenvalue weighted by Crippen LogP contribution is 2.37. The van der Waals surface area contributed by atoms with Crippen LogP contribution in [0.1, 0.15) is 23.9 Å². The summed E-state index contributed by atoms with van der Waals surface area (Å²) >= 11 is 15.2. The van der Waals surface area contributed by atoms with E-state index in [9.17, 15) is 0 Å². The average molecular weight is 484 g/mol. The molecule has 0 aliphatic heterocycles. The molecule has 0 saturated heterocycles. The topological polar surface area (TPSA) is 64.1 Å². The van der Waals surface area contributed by atoms with Crippen LogP contribution < -0.4 is 14.9 Å². The first kappa shape index (κ1) is 20.7. The summed E-state index contributed by atoms with van der Waals surface area (Å²) in [5.41, 5.74) is 5.10. The van der Waals surface area contributed by atoms with Gasteiger partial charge in [-0.2, -0.15) is 5.10 Å². The molecule has 0 fully saturated rings. The Balaban J connectivity index is 1.88. The standard InChI is InChI=1S/C19H20BrClN4O2S/c1-3-17-23-24-19(28)25(17)22-10-13-14(20)8-9-16(26-2)18(13)27-11-12-6-4-5-7-15(12)21/h4-9,22H,3,10-11H2,1-2H3,(H,24,28). The van der Waals surface area contributed by atoms with Crippen molar-refractivity contribution in [3.05, 3.63) is 67.6 Å². The Morgan fingerprint density at radius 3 is 2.79 bits per heavy atom. The summed E-state index contributed by atoms with van der Waals surface area (Å²) in [6.45, 7) is 2.80. The van der Waals surface area contributed by atoms with Crippen LogP contribution in [0.3, 0.4) is 0 Å². The molecule has 0 radical (unpaired) electrons. The van der Waals surface area contributed by atoms with Crippen molar-refractivity contribution in [2.45, 2.75) is 26.5 Å². The Kier molecular flexibility index (Phi) is 6.98. The van der Waals surface area contributed by atoms with Gasteiger partial charge in [-0.3, -0.25) is 5.10 Å². The van der Waals surface area contributed by atoms with Gasteiger partial charge in [-0.05, 0) is 30.4 Å². The molecule has 148 valence electrons. The third-order valence-electron chi connectivity index (χ3n) is 4.19. The highest BCUT2D eigenvalue weighted by atomic mass is 79.9. The Hall–Kier alpha value is -2.03. The lowest BCUT2D eigenvalue weighted by Crippen LogP contribution is -2.18. The number of nitrogens with zero attached hydrogens (tertiary/aromatic N) is 2. The predicted octanol–water partition coefficient (Wildman–Crippen LogP) is 5.25. The van der Waals surface area contributed by atoms with Gasteiger partial charge in [0.05, 0.1) is 13.7 Å². The molecule has 0 saturated carbocycles. The van der Waals surface area contributed by atoms with Crippen LogP contribution in [0.4, 0.5) is 0 Å². The Bertz CT molecular complexity index is 1020. The van der Waals surface area contributed by atoms with Crippen LogP contribution in [0.25, 0.3) is 0 Å². The zero-order chi connectivity index (χ0) is 20.1. The summed E-state index contributed by atoms with van der Waals surface area (Å²) in [6, 6.07) is 11.4. The molecule has 0 unspecified atom stereocenters. The number of rotatable bonds is 8. The first-order valence-corrected chi connectivity index (χ1v) is 10.2. The zero-order valence-corrected chi connectivity index (χ0v) is 18.6. The number of aromatic nitrogens is 3. The molecule has 2 N–H and O–H groups in total. The lowest BCUT2D eigenvalue weighted by Gasteiger charge is -2.18. The van der Waals surface area contributed by atoms with Gasteiger partial charge in [0.1, 0.15) is 6.61 Å². The molecule has 0 amide bonds. The fourth-order valence-corrected chi connectivity index (χ4v) is 3.58. The minimum atomic E-state index is 0.324. The highest BCUT2D eigenvalue weighted by Gasteiger charge is 2.16. The number of hydrogen-bond donors (Lipinski definition) is 2. The monoisotopic (exact) mass is 482 g/mol. The molecule has 0 bridgehead atoms. The van der Waals surface area contributed by atoms with Crippen LogP contribution in [-0.2, 0) is 19.6 Å². The normalized spacial score (nSPS) is 10.7. The first-order valence-electron chi connectivity index (χ1n) is 8.66. The van der Waals surface area contributed by atoms with Crippen LogP contribution in [-0.4, -0.2) is 22.0 Å². The molecule has 0 aliphatic rings. The minimum absolute atomic E-state index is 0.324. The van der Waals surface area contributed by atoms with E-state index < -0.39 is 0 Å². The second-order valence-corrected chi connectivity index (χ2v) is 7.55. The predicted molar refractivity (Wildman–Crippen MR) is 116 cm³/mol. The summed E-state index contributed by atoms with van der Waals surface area (Å²) in [5.74, 6) is 2.10. The number of benzene rings is 2. The lowest BCUT2D eigenvalue weighted by atomic mass is 10.1. The van der Waals surface area contributed by atoms with Gasteiger partial charge < -0.3 is 14.9 Å². The van der Waals surface area contributed by atoms with Crippen LogP contribution in [0.2, 0.25) is 5.02 Å². The van der Waals surface area contributed by atoms with Gasteiger partial charge in [-0.25, -0.2) is 4.68 Å². The number of halogens is 2. The van der Waals surface area contributed by atoms with E-state index in [-0.39, 0.29) is 0 Å². The van der Waals surface area contributed by atoms with Crippen molar-refractivity contribution >= 4 is 39.7 Å². The number of nitrogens with one attached hydrogen (secondary N) is 2. The molecule has 1 heterocycles. The van der Waals surface area contributed by atoms with E-state index in [0.717, 1.165) is 27.8 Å². The van der Waals surface area contributed by atoms with E-state index in [0.29, 0.717) is 34.4 Å². The largest absolute Gasteiger partial charge is 0.493 e. The van der Waals surface area contributed by atoms with Crippen molar-refractivity contribution in [2.75, 3.05) is 12.5 Å². The van der Waals surface area contributed by atoms with Crippen molar-refractivity contribution in [3.8, 4) is 11.5 Å². The summed E-state index contributed by atoms with van der Waals surface area (Å²) in [4.78, 5) is 0. The molecule has 6 nitrogen and oxygen atoms in total. The fraction of sp³-hybridized carbons (Fsp3) is 0.263. The van der Waals surface area contributed by atoms with Crippen LogP contribution in [0, 0.1) is 4.77 Å². The maximum Gasteiger partial charge on any atom is 0.214 e. The molecular formula is C19H20BrClN4O2S. The average Bonchev–Trinajstić information content (AvgIpc) is 3.06. The van der Waals surface area contributed by atoms with Crippen molar-refractivity contribution in [3.63, 3.8) is 0 Å². The minimum Gasteiger partial charge on any atom is -0.493 e. The second-order valence-electron chi connectivity index (χ2n) is 5.91. The smallest absolute Gasteiger partial charge is 0.214 e. The van der Waals surface area contributed by atoms with Crippen LogP contribution >= 0.6 is 39.7 Å². The van der Waals surface area contributed by atoms with Gasteiger partial charge in [-0.15, -0.1) is 0 Å². The van der Waals surface area contributed by atoms with Gasteiger partial charge in [0.25, 0.3) is 0 Å². The Morgan fingerprint density at radius 2 is 2.07 bits per heavy atom. The number of aryl methyl sites for hydroxylation is 1. The first-order chi connectivity index (χ1) is 13.5. The molecule has 3 rings (SSSR count).